The van der Waals surface area contributed by atoms with E-state index in [0.717, 1.165) is 17.1 Å². The third-order valence-electron chi connectivity index (χ3n) is 5.86. The quantitative estimate of drug-likeness (QED) is 0.155. The summed E-state index contributed by atoms with van der Waals surface area (Å²) >= 11 is 6.75. The van der Waals surface area contributed by atoms with Crippen LogP contribution in [0.1, 0.15) is 12.5 Å². The summed E-state index contributed by atoms with van der Waals surface area (Å²) in [5, 5.41) is 2.79. The van der Waals surface area contributed by atoms with E-state index in [1.165, 1.54) is 16.7 Å². The molecule has 0 unspecified atom stereocenters. The average Bonchev–Trinajstić information content (AvgIpc) is 3.27. The fourth-order valence-corrected chi connectivity index (χ4v) is 5.24. The highest BCUT2D eigenvalue weighted by atomic mass is 32.2. The van der Waals surface area contributed by atoms with Crippen molar-refractivity contribution < 1.29 is 23.8 Å². The van der Waals surface area contributed by atoms with Crippen molar-refractivity contribution in [2.45, 2.75) is 6.92 Å². The highest BCUT2D eigenvalue weighted by Crippen LogP contribution is 2.37. The zero-order valence-corrected chi connectivity index (χ0v) is 23.7. The van der Waals surface area contributed by atoms with E-state index in [2.05, 4.69) is 5.32 Å². The van der Waals surface area contributed by atoms with Gasteiger partial charge in [-0.2, -0.15) is 0 Å². The zero-order chi connectivity index (χ0) is 28.6. The summed E-state index contributed by atoms with van der Waals surface area (Å²) in [4.78, 5) is 27.5. The van der Waals surface area contributed by atoms with Gasteiger partial charge >= 0.3 is 0 Å². The number of carbonyl (C=O) groups is 2. The van der Waals surface area contributed by atoms with Gasteiger partial charge in [0.2, 0.25) is 0 Å². The molecule has 1 aliphatic heterocycles. The Morgan fingerprint density at radius 3 is 2.12 bits per heavy atom. The van der Waals surface area contributed by atoms with Crippen LogP contribution < -0.4 is 24.4 Å². The van der Waals surface area contributed by atoms with Crippen LogP contribution in [0.15, 0.2) is 108 Å². The summed E-state index contributed by atoms with van der Waals surface area (Å²) in [6, 6.07) is 31.0. The number of benzene rings is 4. The Kier molecular flexibility index (Phi) is 8.98. The van der Waals surface area contributed by atoms with Gasteiger partial charge in [-0.1, -0.05) is 54.3 Å². The number of nitrogens with one attached hydrogen (secondary N) is 1. The van der Waals surface area contributed by atoms with Crippen molar-refractivity contribution in [2.75, 3.05) is 23.4 Å². The first-order chi connectivity index (χ1) is 20.0. The molecule has 0 bridgehead atoms. The van der Waals surface area contributed by atoms with Crippen molar-refractivity contribution in [1.82, 2.24) is 0 Å². The fraction of sp³-hybridized carbons (Fsp3) is 0.0938. The predicted octanol–water partition coefficient (Wildman–Crippen LogP) is 7.30. The summed E-state index contributed by atoms with van der Waals surface area (Å²) in [6.45, 7) is 2.36. The number of thioether (sulfide) groups is 1. The highest BCUT2D eigenvalue weighted by Gasteiger charge is 2.33. The van der Waals surface area contributed by atoms with Crippen LogP contribution in [-0.4, -0.2) is 29.3 Å². The second-order valence-electron chi connectivity index (χ2n) is 8.79. The summed E-state index contributed by atoms with van der Waals surface area (Å²) in [5.41, 5.74) is 2.14. The fourth-order valence-electron chi connectivity index (χ4n) is 3.94. The third kappa shape index (κ3) is 7.33. The van der Waals surface area contributed by atoms with Crippen LogP contribution >= 0.6 is 24.0 Å². The van der Waals surface area contributed by atoms with Crippen LogP contribution in [0.2, 0.25) is 0 Å². The van der Waals surface area contributed by atoms with Gasteiger partial charge < -0.3 is 19.5 Å². The summed E-state index contributed by atoms with van der Waals surface area (Å²) in [6.07, 6.45) is 1.79. The van der Waals surface area contributed by atoms with E-state index >= 15 is 0 Å². The number of ether oxygens (including phenoxy) is 3. The molecular weight excluding hydrogens is 556 g/mol. The van der Waals surface area contributed by atoms with Crippen LogP contribution in [0.25, 0.3) is 6.08 Å². The highest BCUT2D eigenvalue weighted by molar-refractivity contribution is 8.27. The molecule has 1 N–H and O–H groups in total. The second-order valence-corrected chi connectivity index (χ2v) is 10.5. The summed E-state index contributed by atoms with van der Waals surface area (Å²) < 4.78 is 17.3. The molecule has 5 rings (SSSR count). The first-order valence-electron chi connectivity index (χ1n) is 12.8. The van der Waals surface area contributed by atoms with Gasteiger partial charge in [0.05, 0.1) is 17.2 Å². The molecule has 0 atom stereocenters. The van der Waals surface area contributed by atoms with Crippen molar-refractivity contribution in [3.8, 4) is 23.0 Å². The summed E-state index contributed by atoms with van der Waals surface area (Å²) in [5.74, 6) is 2.21. The van der Waals surface area contributed by atoms with E-state index < -0.39 is 0 Å². The molecule has 206 valence electrons. The SMILES string of the molecule is CCOc1ccc(NC(=O)COc2ccc(/C=C3\SC(=S)N(c4ccc(Oc5ccccc5)cc4)C3=O)cc2)cc1. The minimum atomic E-state index is -0.276. The molecule has 0 saturated carbocycles. The van der Waals surface area contributed by atoms with Crippen molar-refractivity contribution in [1.29, 1.82) is 0 Å². The van der Waals surface area contributed by atoms with Crippen molar-refractivity contribution >= 4 is 57.6 Å². The van der Waals surface area contributed by atoms with Crippen molar-refractivity contribution in [3.05, 3.63) is 114 Å². The number of para-hydroxylation sites is 1. The lowest BCUT2D eigenvalue weighted by molar-refractivity contribution is -0.118. The van der Waals surface area contributed by atoms with Crippen molar-refractivity contribution in [3.63, 3.8) is 0 Å². The minimum absolute atomic E-state index is 0.138. The number of hydrogen-bond acceptors (Lipinski definition) is 7. The molecule has 0 spiro atoms. The van der Waals surface area contributed by atoms with Gasteiger partial charge in [0.15, 0.2) is 10.9 Å². The largest absolute Gasteiger partial charge is 0.494 e. The summed E-state index contributed by atoms with van der Waals surface area (Å²) in [7, 11) is 0. The molecule has 41 heavy (non-hydrogen) atoms. The maximum atomic E-state index is 13.2. The molecular formula is C32H26N2O5S2. The lowest BCUT2D eigenvalue weighted by atomic mass is 10.2. The van der Waals surface area contributed by atoms with Crippen LogP contribution in [0, 0.1) is 0 Å². The van der Waals surface area contributed by atoms with Crippen molar-refractivity contribution in [2.24, 2.45) is 0 Å². The third-order valence-corrected chi connectivity index (χ3v) is 7.17. The minimum Gasteiger partial charge on any atom is -0.494 e. The monoisotopic (exact) mass is 582 g/mol. The van der Waals surface area contributed by atoms with Gasteiger partial charge in [-0.25, -0.2) is 0 Å². The molecule has 1 heterocycles. The topological polar surface area (TPSA) is 77.1 Å². The number of nitrogens with zero attached hydrogens (tertiary/aromatic N) is 1. The van der Waals surface area contributed by atoms with E-state index in [-0.39, 0.29) is 18.4 Å². The van der Waals surface area contributed by atoms with Gasteiger partial charge in [0.1, 0.15) is 23.0 Å². The standard InChI is InChI=1S/C32H26N2O5S2/c1-2-37-25-16-10-23(11-17-25)33-30(35)21-38-26-14-8-22(9-15-26)20-29-31(36)34(32(40)41-29)24-12-18-28(19-13-24)39-27-6-4-3-5-7-27/h3-20H,2,21H2,1H3,(H,33,35)/b29-20-. The van der Waals surface area contributed by atoms with E-state index in [9.17, 15) is 9.59 Å². The number of hydrogen-bond donors (Lipinski definition) is 1. The zero-order valence-electron chi connectivity index (χ0n) is 22.1. The van der Waals surface area contributed by atoms with Gasteiger partial charge in [-0.3, -0.25) is 14.5 Å². The molecule has 0 aliphatic carbocycles. The second kappa shape index (κ2) is 13.2. The molecule has 9 heteroatoms. The van der Waals surface area contributed by atoms with Crippen LogP contribution in [0.3, 0.4) is 0 Å². The lowest BCUT2D eigenvalue weighted by Gasteiger charge is -2.15. The molecule has 0 radical (unpaired) electrons. The predicted molar refractivity (Wildman–Crippen MR) is 167 cm³/mol. The first kappa shape index (κ1) is 27.9. The van der Waals surface area contributed by atoms with Crippen LogP contribution in [0.5, 0.6) is 23.0 Å². The van der Waals surface area contributed by atoms with E-state index in [1.807, 2.05) is 73.7 Å². The van der Waals surface area contributed by atoms with E-state index in [4.69, 9.17) is 26.4 Å². The van der Waals surface area contributed by atoms with Crippen LogP contribution in [-0.2, 0) is 9.59 Å². The molecule has 4 aromatic rings. The molecule has 1 fully saturated rings. The number of anilines is 2. The lowest BCUT2D eigenvalue weighted by Crippen LogP contribution is -2.27. The molecule has 4 aromatic carbocycles. The molecule has 0 aromatic heterocycles. The Labute approximate surface area is 247 Å². The van der Waals surface area contributed by atoms with Crippen LogP contribution in [0.4, 0.5) is 11.4 Å². The van der Waals surface area contributed by atoms with Gasteiger partial charge in [0, 0.05) is 5.69 Å². The average molecular weight is 583 g/mol. The maximum absolute atomic E-state index is 13.2. The normalized spacial score (nSPS) is 13.8. The maximum Gasteiger partial charge on any atom is 0.270 e. The molecule has 2 amide bonds. The number of thiocarbonyl (C=S) groups is 1. The molecule has 7 nitrogen and oxygen atoms in total. The van der Waals surface area contributed by atoms with Gasteiger partial charge in [-0.15, -0.1) is 0 Å². The first-order valence-corrected chi connectivity index (χ1v) is 14.1. The Balaban J connectivity index is 1.16. The Morgan fingerprint density at radius 2 is 1.44 bits per heavy atom. The van der Waals surface area contributed by atoms with Gasteiger partial charge in [-0.05, 0) is 91.4 Å². The smallest absolute Gasteiger partial charge is 0.270 e. The molecule has 1 saturated heterocycles. The molecule has 1 aliphatic rings. The number of carbonyl (C=O) groups excluding carboxylic acids is 2. The number of amides is 2. The van der Waals surface area contributed by atoms with Gasteiger partial charge in [0.25, 0.3) is 11.8 Å². The number of rotatable bonds is 10. The Morgan fingerprint density at radius 1 is 0.829 bits per heavy atom. The van der Waals surface area contributed by atoms with E-state index in [0.29, 0.717) is 38.7 Å². The Hall–Kier alpha value is -4.60. The van der Waals surface area contributed by atoms with E-state index in [1.54, 1.807) is 42.5 Å². The Bertz CT molecular complexity index is 1550.